The monoisotopic (exact) mass is 490 g/mol. The van der Waals surface area contributed by atoms with Crippen LogP contribution >= 0.6 is 35.5 Å². The van der Waals surface area contributed by atoms with Gasteiger partial charge < -0.3 is 4.57 Å². The molecule has 2 aromatic heterocycles. The third-order valence-corrected chi connectivity index (χ3v) is 7.18. The number of hydrogen-bond donors (Lipinski definition) is 0. The molecule has 0 N–H and O–H groups in total. The molecule has 4 aromatic rings. The minimum atomic E-state index is -0.281. The Bertz CT molecular complexity index is 1180. The molecule has 2 heterocycles. The molecule has 32 heavy (non-hydrogen) atoms. The zero-order valence-corrected chi connectivity index (χ0v) is 20.3. The summed E-state index contributed by atoms with van der Waals surface area (Å²) in [6.45, 7) is 5.48. The summed E-state index contributed by atoms with van der Waals surface area (Å²) in [5.41, 5.74) is 3.29. The number of carbonyl (C=O) groups excluding carboxylic acids is 1. The molecule has 9 heteroatoms. The van der Waals surface area contributed by atoms with Crippen molar-refractivity contribution in [2.45, 2.75) is 31.7 Å². The van der Waals surface area contributed by atoms with Crippen LogP contribution in [-0.2, 0) is 11.3 Å². The summed E-state index contributed by atoms with van der Waals surface area (Å²) in [4.78, 5) is 24.7. The second-order valence-electron chi connectivity index (χ2n) is 7.29. The van der Waals surface area contributed by atoms with Gasteiger partial charge >= 0.3 is 0 Å². The number of carbonyl (C=O) groups is 1. The molecule has 168 valence electrons. The highest BCUT2D eigenvalue weighted by Crippen LogP contribution is 2.32. The summed E-state index contributed by atoms with van der Waals surface area (Å²) in [5, 5.41) is 0.721. The van der Waals surface area contributed by atoms with Crippen LogP contribution in [0.2, 0.25) is 0 Å². The van der Waals surface area contributed by atoms with E-state index >= 15 is 0 Å². The van der Waals surface area contributed by atoms with Gasteiger partial charge in [0.15, 0.2) is 5.13 Å². The van der Waals surface area contributed by atoms with Gasteiger partial charge in [-0.15, -0.1) is 24.2 Å². The molecule has 0 unspecified atom stereocenters. The van der Waals surface area contributed by atoms with E-state index in [1.54, 1.807) is 40.9 Å². The van der Waals surface area contributed by atoms with Gasteiger partial charge in [0.25, 0.3) is 0 Å². The van der Waals surface area contributed by atoms with Crippen LogP contribution in [0.5, 0.6) is 0 Å². The SMILES string of the molecule is Cc1ccc2sc(N(CCCn3ccnc3)C(=O)CSc3ccc(F)cc3)nc2c1C.Cl. The van der Waals surface area contributed by atoms with Crippen LogP contribution in [-0.4, -0.2) is 32.7 Å². The number of benzene rings is 2. The molecule has 0 saturated carbocycles. The summed E-state index contributed by atoms with van der Waals surface area (Å²) < 4.78 is 16.2. The highest BCUT2D eigenvalue weighted by molar-refractivity contribution is 8.00. The predicted octanol–water partition coefficient (Wildman–Crippen LogP) is 5.89. The Morgan fingerprint density at radius 2 is 1.97 bits per heavy atom. The average molecular weight is 491 g/mol. The fourth-order valence-corrected chi connectivity index (χ4v) is 5.08. The molecule has 1 amide bonds. The summed E-state index contributed by atoms with van der Waals surface area (Å²) >= 11 is 2.95. The molecule has 0 spiro atoms. The van der Waals surface area contributed by atoms with E-state index < -0.39 is 0 Å². The smallest absolute Gasteiger partial charge is 0.239 e. The van der Waals surface area contributed by atoms with Crippen LogP contribution < -0.4 is 4.90 Å². The first kappa shape index (κ1) is 24.2. The number of amides is 1. The van der Waals surface area contributed by atoms with Gasteiger partial charge in [0.2, 0.25) is 5.91 Å². The molecule has 4 rings (SSSR count). The summed E-state index contributed by atoms with van der Waals surface area (Å²) in [6, 6.07) is 10.4. The van der Waals surface area contributed by atoms with E-state index in [9.17, 15) is 9.18 Å². The molecule has 0 aliphatic heterocycles. The Morgan fingerprint density at radius 1 is 1.19 bits per heavy atom. The number of hydrogen-bond acceptors (Lipinski definition) is 5. The number of rotatable bonds is 8. The van der Waals surface area contributed by atoms with Crippen LogP contribution in [0.15, 0.2) is 60.0 Å². The van der Waals surface area contributed by atoms with Gasteiger partial charge in [-0.3, -0.25) is 9.69 Å². The van der Waals surface area contributed by atoms with E-state index in [-0.39, 0.29) is 29.9 Å². The number of thioether (sulfide) groups is 1. The second kappa shape index (κ2) is 10.9. The van der Waals surface area contributed by atoms with Crippen molar-refractivity contribution in [1.29, 1.82) is 0 Å². The number of aryl methyl sites for hydroxylation is 3. The first-order chi connectivity index (χ1) is 15.0. The molecule has 0 saturated heterocycles. The fourth-order valence-electron chi connectivity index (χ4n) is 3.24. The Labute approximate surface area is 201 Å². The van der Waals surface area contributed by atoms with Crippen LogP contribution in [0.4, 0.5) is 9.52 Å². The molecule has 0 aliphatic carbocycles. The first-order valence-corrected chi connectivity index (χ1v) is 11.8. The van der Waals surface area contributed by atoms with Crippen molar-refractivity contribution in [2.24, 2.45) is 0 Å². The summed E-state index contributed by atoms with van der Waals surface area (Å²) in [6.07, 6.45) is 6.24. The van der Waals surface area contributed by atoms with Gasteiger partial charge in [-0.05, 0) is 61.7 Å². The predicted molar refractivity (Wildman–Crippen MR) is 133 cm³/mol. The van der Waals surface area contributed by atoms with Crippen LogP contribution in [0.1, 0.15) is 17.5 Å². The van der Waals surface area contributed by atoms with Gasteiger partial charge in [-0.25, -0.2) is 14.4 Å². The Balaban J connectivity index is 0.00000289. The average Bonchev–Trinajstić information content (AvgIpc) is 3.43. The van der Waals surface area contributed by atoms with E-state index in [4.69, 9.17) is 4.98 Å². The molecule has 0 aliphatic rings. The number of anilines is 1. The van der Waals surface area contributed by atoms with Crippen molar-refractivity contribution in [1.82, 2.24) is 14.5 Å². The van der Waals surface area contributed by atoms with E-state index in [0.29, 0.717) is 6.54 Å². The third-order valence-electron chi connectivity index (χ3n) is 5.14. The van der Waals surface area contributed by atoms with E-state index in [1.165, 1.54) is 29.5 Å². The zero-order chi connectivity index (χ0) is 21.8. The Morgan fingerprint density at radius 3 is 2.69 bits per heavy atom. The molecule has 0 atom stereocenters. The minimum absolute atomic E-state index is 0. The lowest BCUT2D eigenvalue weighted by Crippen LogP contribution is -2.33. The van der Waals surface area contributed by atoms with Gasteiger partial charge in [-0.1, -0.05) is 17.4 Å². The topological polar surface area (TPSA) is 51.0 Å². The molecule has 5 nitrogen and oxygen atoms in total. The normalized spacial score (nSPS) is 10.8. The van der Waals surface area contributed by atoms with Crippen molar-refractivity contribution in [2.75, 3.05) is 17.2 Å². The number of halogens is 2. The Kier molecular flexibility index (Phi) is 8.28. The largest absolute Gasteiger partial charge is 0.337 e. The van der Waals surface area contributed by atoms with E-state index in [2.05, 4.69) is 31.0 Å². The standard InChI is InChI=1S/C23H23FN4OS2.ClH/c1-16-4-9-20-22(17(16)2)26-23(31-20)28(12-3-11-27-13-10-25-15-27)21(29)14-30-19-7-5-18(24)6-8-19;/h4-10,13,15H,3,11-12,14H2,1-2H3;1H. The van der Waals surface area contributed by atoms with Crippen molar-refractivity contribution >= 4 is 56.8 Å². The molecule has 0 bridgehead atoms. The number of fused-ring (bicyclic) bond motifs is 1. The lowest BCUT2D eigenvalue weighted by Gasteiger charge is -2.20. The quantitative estimate of drug-likeness (QED) is 0.289. The third kappa shape index (κ3) is 5.68. The Hall–Kier alpha value is -2.42. The number of nitrogens with zero attached hydrogens (tertiary/aromatic N) is 4. The molecular formula is C23H24ClFN4OS2. The highest BCUT2D eigenvalue weighted by atomic mass is 35.5. The van der Waals surface area contributed by atoms with Crippen molar-refractivity contribution < 1.29 is 9.18 Å². The molecule has 0 fully saturated rings. The first-order valence-electron chi connectivity index (χ1n) is 10.0. The summed E-state index contributed by atoms with van der Waals surface area (Å²) in [7, 11) is 0. The van der Waals surface area contributed by atoms with Gasteiger partial charge in [-0.2, -0.15) is 0 Å². The van der Waals surface area contributed by atoms with E-state index in [1.807, 2.05) is 10.8 Å². The molecule has 2 aromatic carbocycles. The molecule has 0 radical (unpaired) electrons. The number of aromatic nitrogens is 3. The maximum Gasteiger partial charge on any atom is 0.239 e. The minimum Gasteiger partial charge on any atom is -0.337 e. The van der Waals surface area contributed by atoms with Crippen LogP contribution in [0.3, 0.4) is 0 Å². The molecular weight excluding hydrogens is 467 g/mol. The zero-order valence-electron chi connectivity index (χ0n) is 17.8. The van der Waals surface area contributed by atoms with Crippen LogP contribution in [0, 0.1) is 19.7 Å². The van der Waals surface area contributed by atoms with E-state index in [0.717, 1.165) is 38.8 Å². The maximum atomic E-state index is 13.2. The summed E-state index contributed by atoms with van der Waals surface area (Å²) in [5.74, 6) is -0.0182. The lowest BCUT2D eigenvalue weighted by molar-refractivity contribution is -0.116. The van der Waals surface area contributed by atoms with Crippen molar-refractivity contribution in [3.05, 3.63) is 72.1 Å². The number of imidazole rings is 1. The van der Waals surface area contributed by atoms with Gasteiger partial charge in [0, 0.05) is 30.4 Å². The fraction of sp³-hybridized carbons (Fsp3) is 0.261. The lowest BCUT2D eigenvalue weighted by atomic mass is 10.1. The van der Waals surface area contributed by atoms with Crippen LogP contribution in [0.25, 0.3) is 10.2 Å². The highest BCUT2D eigenvalue weighted by Gasteiger charge is 2.20. The second-order valence-corrected chi connectivity index (χ2v) is 9.35. The van der Waals surface area contributed by atoms with Crippen molar-refractivity contribution in [3.8, 4) is 0 Å². The number of thiazole rings is 1. The van der Waals surface area contributed by atoms with Gasteiger partial charge in [0.05, 0.1) is 22.3 Å². The van der Waals surface area contributed by atoms with Crippen molar-refractivity contribution in [3.63, 3.8) is 0 Å². The maximum absolute atomic E-state index is 13.2. The van der Waals surface area contributed by atoms with Gasteiger partial charge in [0.1, 0.15) is 5.82 Å².